The normalized spacial score (nSPS) is 13.6. The molecule has 1 heterocycles. The van der Waals surface area contributed by atoms with Crippen molar-refractivity contribution in [1.29, 1.82) is 0 Å². The van der Waals surface area contributed by atoms with E-state index in [-0.39, 0.29) is 5.91 Å². The Morgan fingerprint density at radius 3 is 2.58 bits per heavy atom. The van der Waals surface area contributed by atoms with Gasteiger partial charge in [-0.3, -0.25) is 4.79 Å². The molecule has 2 aromatic rings. The van der Waals surface area contributed by atoms with Gasteiger partial charge in [0.25, 0.3) is 0 Å². The molecule has 5 heteroatoms. The number of amides is 1. The second-order valence-corrected chi connectivity index (χ2v) is 6.46. The highest BCUT2D eigenvalue weighted by Crippen LogP contribution is 2.31. The van der Waals surface area contributed by atoms with Crippen LogP contribution in [0.3, 0.4) is 0 Å². The number of carbonyl (C=O) groups excluding carboxylic acids is 1. The molecule has 0 radical (unpaired) electrons. The summed E-state index contributed by atoms with van der Waals surface area (Å²) in [5.41, 5.74) is 2.18. The van der Waals surface area contributed by atoms with E-state index in [1.807, 2.05) is 48.2 Å². The van der Waals surface area contributed by atoms with Crippen molar-refractivity contribution in [3.8, 4) is 11.5 Å². The van der Waals surface area contributed by atoms with E-state index in [4.69, 9.17) is 9.47 Å². The van der Waals surface area contributed by atoms with E-state index in [0.717, 1.165) is 22.3 Å². The molecule has 0 saturated heterocycles. The van der Waals surface area contributed by atoms with Crippen molar-refractivity contribution in [2.75, 3.05) is 24.7 Å². The highest BCUT2D eigenvalue weighted by atomic mass is 79.9. The number of benzene rings is 2. The summed E-state index contributed by atoms with van der Waals surface area (Å²) in [5.74, 6) is 1.58. The first-order valence-electron chi connectivity index (χ1n) is 8.12. The van der Waals surface area contributed by atoms with Crippen LogP contribution in [0.15, 0.2) is 46.9 Å². The SMILES string of the molecule is CCOc1ccccc1OCCN1C(=O)CCc2cc(Br)ccc21. The Balaban J connectivity index is 1.68. The Kier molecular flexibility index (Phi) is 5.41. The Bertz CT molecular complexity index is 732. The number of halogens is 1. The fourth-order valence-corrected chi connectivity index (χ4v) is 3.27. The molecule has 0 N–H and O–H groups in total. The van der Waals surface area contributed by atoms with Crippen LogP contribution < -0.4 is 14.4 Å². The van der Waals surface area contributed by atoms with Crippen LogP contribution in [-0.4, -0.2) is 25.7 Å². The van der Waals surface area contributed by atoms with Gasteiger partial charge in [-0.05, 0) is 49.2 Å². The lowest BCUT2D eigenvalue weighted by Crippen LogP contribution is -2.38. The van der Waals surface area contributed by atoms with E-state index in [2.05, 4.69) is 22.0 Å². The average Bonchev–Trinajstić information content (AvgIpc) is 2.58. The van der Waals surface area contributed by atoms with Crippen molar-refractivity contribution in [3.63, 3.8) is 0 Å². The third-order valence-electron chi connectivity index (χ3n) is 3.96. The van der Waals surface area contributed by atoms with Gasteiger partial charge in [0.05, 0.1) is 13.2 Å². The zero-order valence-corrected chi connectivity index (χ0v) is 15.2. The summed E-state index contributed by atoms with van der Waals surface area (Å²) < 4.78 is 12.5. The molecule has 1 aliphatic heterocycles. The fraction of sp³-hybridized carbons (Fsp3) is 0.316. The molecule has 24 heavy (non-hydrogen) atoms. The molecule has 0 aromatic heterocycles. The molecule has 4 nitrogen and oxygen atoms in total. The second kappa shape index (κ2) is 7.71. The van der Waals surface area contributed by atoms with Crippen molar-refractivity contribution in [3.05, 3.63) is 52.5 Å². The number of carbonyl (C=O) groups is 1. The highest BCUT2D eigenvalue weighted by molar-refractivity contribution is 9.10. The third-order valence-corrected chi connectivity index (χ3v) is 4.46. The minimum Gasteiger partial charge on any atom is -0.490 e. The van der Waals surface area contributed by atoms with Crippen LogP contribution in [0.5, 0.6) is 11.5 Å². The molecule has 3 rings (SSSR count). The van der Waals surface area contributed by atoms with Gasteiger partial charge in [0.15, 0.2) is 11.5 Å². The lowest BCUT2D eigenvalue weighted by molar-refractivity contribution is -0.119. The van der Waals surface area contributed by atoms with Gasteiger partial charge in [-0.2, -0.15) is 0 Å². The Morgan fingerprint density at radius 1 is 1.08 bits per heavy atom. The van der Waals surface area contributed by atoms with Crippen LogP contribution in [0.2, 0.25) is 0 Å². The zero-order valence-electron chi connectivity index (χ0n) is 13.6. The Labute approximate surface area is 150 Å². The quantitative estimate of drug-likeness (QED) is 0.742. The minimum atomic E-state index is 0.145. The minimum absolute atomic E-state index is 0.145. The smallest absolute Gasteiger partial charge is 0.227 e. The molecule has 0 aliphatic carbocycles. The summed E-state index contributed by atoms with van der Waals surface area (Å²) in [6.07, 6.45) is 1.33. The first-order valence-corrected chi connectivity index (χ1v) is 8.91. The predicted molar refractivity (Wildman–Crippen MR) is 97.9 cm³/mol. The maximum atomic E-state index is 12.3. The van der Waals surface area contributed by atoms with E-state index in [1.54, 1.807) is 0 Å². The van der Waals surface area contributed by atoms with Crippen LogP contribution in [0.25, 0.3) is 0 Å². The van der Waals surface area contributed by atoms with E-state index in [0.29, 0.717) is 31.9 Å². The van der Waals surface area contributed by atoms with Gasteiger partial charge in [0.2, 0.25) is 5.91 Å². The number of fused-ring (bicyclic) bond motifs is 1. The molecule has 0 bridgehead atoms. The maximum Gasteiger partial charge on any atom is 0.227 e. The number of ether oxygens (including phenoxy) is 2. The van der Waals surface area contributed by atoms with Crippen molar-refractivity contribution >= 4 is 27.5 Å². The summed E-state index contributed by atoms with van der Waals surface area (Å²) in [7, 11) is 0. The van der Waals surface area contributed by atoms with Gasteiger partial charge in [0, 0.05) is 16.6 Å². The molecule has 1 amide bonds. The number of hydrogen-bond acceptors (Lipinski definition) is 3. The van der Waals surface area contributed by atoms with E-state index < -0.39 is 0 Å². The van der Waals surface area contributed by atoms with Crippen LogP contribution in [0.4, 0.5) is 5.69 Å². The molecule has 0 saturated carbocycles. The number of aryl methyl sites for hydroxylation is 1. The maximum absolute atomic E-state index is 12.3. The zero-order chi connectivity index (χ0) is 16.9. The van der Waals surface area contributed by atoms with Gasteiger partial charge >= 0.3 is 0 Å². The van der Waals surface area contributed by atoms with Gasteiger partial charge in [0.1, 0.15) is 6.61 Å². The lowest BCUT2D eigenvalue weighted by atomic mass is 10.0. The van der Waals surface area contributed by atoms with E-state index in [1.165, 1.54) is 5.56 Å². The number of hydrogen-bond donors (Lipinski definition) is 0. The standard InChI is InChI=1S/C19H20BrNO3/c1-2-23-17-5-3-4-6-18(17)24-12-11-21-16-9-8-15(20)13-14(16)7-10-19(21)22/h3-6,8-9,13H,2,7,10-12H2,1H3. The van der Waals surface area contributed by atoms with Gasteiger partial charge < -0.3 is 14.4 Å². The summed E-state index contributed by atoms with van der Waals surface area (Å²) in [4.78, 5) is 14.1. The van der Waals surface area contributed by atoms with Crippen molar-refractivity contribution in [2.24, 2.45) is 0 Å². The number of rotatable bonds is 6. The van der Waals surface area contributed by atoms with Crippen LogP contribution in [-0.2, 0) is 11.2 Å². The summed E-state index contributed by atoms with van der Waals surface area (Å²) in [6.45, 7) is 3.48. The number of para-hydroxylation sites is 2. The number of nitrogens with zero attached hydrogens (tertiary/aromatic N) is 1. The fourth-order valence-electron chi connectivity index (χ4n) is 2.86. The van der Waals surface area contributed by atoms with E-state index >= 15 is 0 Å². The molecule has 0 fully saturated rings. The predicted octanol–water partition coefficient (Wildman–Crippen LogP) is 4.21. The van der Waals surface area contributed by atoms with Crippen molar-refractivity contribution < 1.29 is 14.3 Å². The molecular formula is C19H20BrNO3. The largest absolute Gasteiger partial charge is 0.490 e. The van der Waals surface area contributed by atoms with Crippen molar-refractivity contribution in [2.45, 2.75) is 19.8 Å². The molecule has 0 unspecified atom stereocenters. The average molecular weight is 390 g/mol. The summed E-state index contributed by atoms with van der Waals surface area (Å²) in [5, 5.41) is 0. The lowest BCUT2D eigenvalue weighted by Gasteiger charge is -2.29. The molecule has 2 aromatic carbocycles. The topological polar surface area (TPSA) is 38.8 Å². The molecule has 1 aliphatic rings. The van der Waals surface area contributed by atoms with Crippen LogP contribution >= 0.6 is 15.9 Å². The molecule has 126 valence electrons. The van der Waals surface area contributed by atoms with Gasteiger partial charge in [-0.15, -0.1) is 0 Å². The summed E-state index contributed by atoms with van der Waals surface area (Å²) >= 11 is 3.49. The van der Waals surface area contributed by atoms with Gasteiger partial charge in [-0.1, -0.05) is 28.1 Å². The Morgan fingerprint density at radius 2 is 1.83 bits per heavy atom. The highest BCUT2D eigenvalue weighted by Gasteiger charge is 2.24. The summed E-state index contributed by atoms with van der Waals surface area (Å²) in [6, 6.07) is 13.6. The van der Waals surface area contributed by atoms with Gasteiger partial charge in [-0.25, -0.2) is 0 Å². The molecular weight excluding hydrogens is 370 g/mol. The Hall–Kier alpha value is -2.01. The second-order valence-electron chi connectivity index (χ2n) is 5.55. The number of anilines is 1. The van der Waals surface area contributed by atoms with E-state index in [9.17, 15) is 4.79 Å². The van der Waals surface area contributed by atoms with Crippen LogP contribution in [0, 0.1) is 0 Å². The monoisotopic (exact) mass is 389 g/mol. The first-order chi connectivity index (χ1) is 11.7. The van der Waals surface area contributed by atoms with Crippen molar-refractivity contribution in [1.82, 2.24) is 0 Å². The molecule has 0 atom stereocenters. The first kappa shape index (κ1) is 16.8. The molecule has 0 spiro atoms. The van der Waals surface area contributed by atoms with Crippen LogP contribution in [0.1, 0.15) is 18.9 Å². The third kappa shape index (κ3) is 3.73.